The van der Waals surface area contributed by atoms with Crippen molar-refractivity contribution < 1.29 is 19.1 Å². The van der Waals surface area contributed by atoms with E-state index in [0.717, 1.165) is 41.1 Å². The number of nitrogens with zero attached hydrogens (tertiary/aromatic N) is 1. The number of fused-ring (bicyclic) bond motifs is 1. The van der Waals surface area contributed by atoms with Crippen LogP contribution in [0.15, 0.2) is 42.5 Å². The summed E-state index contributed by atoms with van der Waals surface area (Å²) in [6.07, 6.45) is 1.72. The van der Waals surface area contributed by atoms with Crippen LogP contribution < -0.4 is 15.0 Å². The molecule has 6 nitrogen and oxygen atoms in total. The Morgan fingerprint density at radius 1 is 1.24 bits per heavy atom. The minimum atomic E-state index is -0.435. The number of ether oxygens (including phenoxy) is 2. The van der Waals surface area contributed by atoms with Crippen molar-refractivity contribution in [2.75, 3.05) is 30.5 Å². The van der Waals surface area contributed by atoms with Crippen molar-refractivity contribution in [2.45, 2.75) is 32.3 Å². The Labute approximate surface area is 170 Å². The largest absolute Gasteiger partial charge is 0.497 e. The van der Waals surface area contributed by atoms with Crippen molar-refractivity contribution in [1.82, 2.24) is 0 Å². The summed E-state index contributed by atoms with van der Waals surface area (Å²) in [5, 5.41) is 2.97. The lowest BCUT2D eigenvalue weighted by Gasteiger charge is -2.32. The maximum atomic E-state index is 13.2. The highest BCUT2D eigenvalue weighted by Crippen LogP contribution is 2.31. The quantitative estimate of drug-likeness (QED) is 0.845. The molecule has 1 fully saturated rings. The molecule has 0 bridgehead atoms. The van der Waals surface area contributed by atoms with Gasteiger partial charge in [-0.1, -0.05) is 17.7 Å². The normalized spacial score (nSPS) is 20.7. The van der Waals surface area contributed by atoms with Crippen LogP contribution in [-0.2, 0) is 20.7 Å². The molecule has 2 aromatic carbocycles. The van der Waals surface area contributed by atoms with Crippen molar-refractivity contribution >= 4 is 23.2 Å². The summed E-state index contributed by atoms with van der Waals surface area (Å²) in [4.78, 5) is 27.7. The van der Waals surface area contributed by atoms with Gasteiger partial charge in [-0.2, -0.15) is 0 Å². The van der Waals surface area contributed by atoms with Gasteiger partial charge in [0.15, 0.2) is 0 Å². The fourth-order valence-electron chi connectivity index (χ4n) is 3.94. The average Bonchev–Trinajstić information content (AvgIpc) is 3.27. The van der Waals surface area contributed by atoms with Gasteiger partial charge in [0.25, 0.3) is 5.91 Å². The van der Waals surface area contributed by atoms with Crippen LogP contribution in [0.1, 0.15) is 24.0 Å². The number of rotatable bonds is 5. The number of hydrogen-bond acceptors (Lipinski definition) is 4. The number of carbonyl (C=O) groups is 2. The molecule has 0 aromatic heterocycles. The highest BCUT2D eigenvalue weighted by Gasteiger charge is 2.34. The third-order valence-corrected chi connectivity index (χ3v) is 5.63. The van der Waals surface area contributed by atoms with Gasteiger partial charge >= 0.3 is 0 Å². The molecule has 1 N–H and O–H groups in total. The van der Waals surface area contributed by atoms with Crippen LogP contribution in [-0.4, -0.2) is 38.2 Å². The number of nitrogens with one attached hydrogen (secondary N) is 1. The Kier molecular flexibility index (Phi) is 5.53. The zero-order valence-electron chi connectivity index (χ0n) is 16.8. The first kappa shape index (κ1) is 19.5. The van der Waals surface area contributed by atoms with Crippen LogP contribution in [0, 0.1) is 12.8 Å². The van der Waals surface area contributed by atoms with Gasteiger partial charge in [-0.05, 0) is 62.1 Å². The number of methoxy groups -OCH3 is 1. The summed E-state index contributed by atoms with van der Waals surface area (Å²) in [6.45, 7) is 2.92. The molecule has 1 saturated heterocycles. The lowest BCUT2D eigenvalue weighted by molar-refractivity contribution is -0.127. The zero-order valence-corrected chi connectivity index (χ0v) is 16.8. The van der Waals surface area contributed by atoms with Crippen LogP contribution >= 0.6 is 0 Å². The van der Waals surface area contributed by atoms with Gasteiger partial charge in [0, 0.05) is 24.5 Å². The number of anilines is 2. The Bertz CT molecular complexity index is 904. The molecule has 0 spiro atoms. The predicted molar refractivity (Wildman–Crippen MR) is 111 cm³/mol. The third-order valence-electron chi connectivity index (χ3n) is 5.63. The van der Waals surface area contributed by atoms with E-state index in [1.54, 1.807) is 12.0 Å². The fourth-order valence-corrected chi connectivity index (χ4v) is 3.94. The van der Waals surface area contributed by atoms with Gasteiger partial charge in [0.2, 0.25) is 5.91 Å². The third kappa shape index (κ3) is 4.12. The molecule has 152 valence electrons. The van der Waals surface area contributed by atoms with E-state index in [1.807, 2.05) is 49.4 Å². The highest BCUT2D eigenvalue weighted by molar-refractivity contribution is 6.00. The van der Waals surface area contributed by atoms with E-state index in [1.165, 1.54) is 0 Å². The highest BCUT2D eigenvalue weighted by atomic mass is 16.5. The smallest absolute Gasteiger partial charge is 0.256 e. The molecular weight excluding hydrogens is 368 g/mol. The summed E-state index contributed by atoms with van der Waals surface area (Å²) in [6, 6.07) is 13.5. The number of aryl methyl sites for hydroxylation is 1. The molecule has 2 atom stereocenters. The minimum absolute atomic E-state index is 0.0695. The summed E-state index contributed by atoms with van der Waals surface area (Å²) in [5.74, 6) is 0.265. The molecule has 0 saturated carbocycles. The number of hydrogen-bond donors (Lipinski definition) is 1. The Balaban J connectivity index is 1.60. The van der Waals surface area contributed by atoms with Gasteiger partial charge in [-0.25, -0.2) is 0 Å². The molecule has 2 aliphatic heterocycles. The Morgan fingerprint density at radius 3 is 2.72 bits per heavy atom. The second-order valence-electron chi connectivity index (χ2n) is 7.70. The van der Waals surface area contributed by atoms with Crippen LogP contribution in [0.4, 0.5) is 11.4 Å². The van der Waals surface area contributed by atoms with Gasteiger partial charge in [0.1, 0.15) is 11.9 Å². The molecule has 2 aliphatic rings. The van der Waals surface area contributed by atoms with E-state index in [4.69, 9.17) is 9.47 Å². The minimum Gasteiger partial charge on any atom is -0.497 e. The van der Waals surface area contributed by atoms with E-state index in [-0.39, 0.29) is 17.7 Å². The number of benzene rings is 2. The second-order valence-corrected chi connectivity index (χ2v) is 7.70. The molecule has 6 heteroatoms. The van der Waals surface area contributed by atoms with Gasteiger partial charge in [-0.15, -0.1) is 0 Å². The van der Waals surface area contributed by atoms with Crippen LogP contribution in [0.2, 0.25) is 0 Å². The first-order chi connectivity index (χ1) is 14.0. The number of carbonyl (C=O) groups excluding carboxylic acids is 2. The van der Waals surface area contributed by atoms with Crippen molar-refractivity contribution in [3.63, 3.8) is 0 Å². The standard InChI is InChI=1S/C23H26N2O4/c1-15-5-7-18(8-6-15)25(23(27)21-4-3-11-29-21)14-17-12-16-13-19(28-2)9-10-20(16)24-22(17)26/h5-10,13,17,21H,3-4,11-12,14H2,1-2H3,(H,24,26). The monoisotopic (exact) mass is 394 g/mol. The first-order valence-electron chi connectivity index (χ1n) is 10.0. The molecule has 2 heterocycles. The van der Waals surface area contributed by atoms with E-state index >= 15 is 0 Å². The van der Waals surface area contributed by atoms with Gasteiger partial charge < -0.3 is 19.7 Å². The zero-order chi connectivity index (χ0) is 20.4. The van der Waals surface area contributed by atoms with E-state index in [2.05, 4.69) is 5.32 Å². The Hall–Kier alpha value is -2.86. The van der Waals surface area contributed by atoms with Crippen molar-refractivity contribution in [3.05, 3.63) is 53.6 Å². The molecule has 2 unspecified atom stereocenters. The van der Waals surface area contributed by atoms with Crippen LogP contribution in [0.3, 0.4) is 0 Å². The van der Waals surface area contributed by atoms with Crippen molar-refractivity contribution in [3.8, 4) is 5.75 Å². The Morgan fingerprint density at radius 2 is 2.03 bits per heavy atom. The summed E-state index contributed by atoms with van der Waals surface area (Å²) in [5.41, 5.74) is 3.73. The second kappa shape index (κ2) is 8.25. The molecule has 4 rings (SSSR count). The van der Waals surface area contributed by atoms with Crippen molar-refractivity contribution in [2.24, 2.45) is 5.92 Å². The van der Waals surface area contributed by atoms with Crippen LogP contribution in [0.25, 0.3) is 0 Å². The lowest BCUT2D eigenvalue weighted by atomic mass is 9.92. The predicted octanol–water partition coefficient (Wildman–Crippen LogP) is 3.33. The van der Waals surface area contributed by atoms with E-state index < -0.39 is 6.10 Å². The SMILES string of the molecule is COc1ccc2c(c1)CC(CN(C(=O)C1CCCO1)c1ccc(C)cc1)C(=O)N2. The maximum absolute atomic E-state index is 13.2. The van der Waals surface area contributed by atoms with Gasteiger partial charge in [0.05, 0.1) is 13.0 Å². The molecule has 0 aliphatic carbocycles. The summed E-state index contributed by atoms with van der Waals surface area (Å²) >= 11 is 0. The number of amides is 2. The van der Waals surface area contributed by atoms with Gasteiger partial charge in [-0.3, -0.25) is 9.59 Å². The molecule has 2 amide bonds. The lowest BCUT2D eigenvalue weighted by Crippen LogP contribution is -2.46. The molecular formula is C23H26N2O4. The topological polar surface area (TPSA) is 67.9 Å². The maximum Gasteiger partial charge on any atom is 0.256 e. The molecule has 2 aromatic rings. The molecule has 29 heavy (non-hydrogen) atoms. The fraction of sp³-hybridized carbons (Fsp3) is 0.391. The van der Waals surface area contributed by atoms with Crippen LogP contribution in [0.5, 0.6) is 5.75 Å². The summed E-state index contributed by atoms with van der Waals surface area (Å²) in [7, 11) is 1.63. The van der Waals surface area contributed by atoms with Crippen molar-refractivity contribution in [1.29, 1.82) is 0 Å². The average molecular weight is 394 g/mol. The molecule has 0 radical (unpaired) electrons. The van der Waals surface area contributed by atoms with E-state index in [0.29, 0.717) is 19.6 Å². The summed E-state index contributed by atoms with van der Waals surface area (Å²) < 4.78 is 11.0. The first-order valence-corrected chi connectivity index (χ1v) is 10.0. The van der Waals surface area contributed by atoms with E-state index in [9.17, 15) is 9.59 Å².